The standard InChI is InChI=1S/C17H16Cl2N2O2S2/c1-23-16(22)14-10-4-2-3-5-13(10)25-15(14)21-17(24)20-12-7-6-9(18)8-11(12)19/h6-8H,2-5H2,1H3,(H2,20,21,24). The van der Waals surface area contributed by atoms with E-state index >= 15 is 0 Å². The quantitative estimate of drug-likeness (QED) is 0.510. The monoisotopic (exact) mass is 414 g/mol. The number of carbonyl (C=O) groups is 1. The lowest BCUT2D eigenvalue weighted by Gasteiger charge is -2.13. The second-order valence-corrected chi connectivity index (χ2v) is 7.97. The highest BCUT2D eigenvalue weighted by Crippen LogP contribution is 2.38. The summed E-state index contributed by atoms with van der Waals surface area (Å²) < 4.78 is 4.96. The second-order valence-electron chi connectivity index (χ2n) is 5.61. The van der Waals surface area contributed by atoms with Crippen LogP contribution in [0, 0.1) is 0 Å². The number of aryl methyl sites for hydroxylation is 1. The average molecular weight is 415 g/mol. The fourth-order valence-corrected chi connectivity index (χ4v) is 4.83. The van der Waals surface area contributed by atoms with Gasteiger partial charge in [0.1, 0.15) is 5.00 Å². The maximum atomic E-state index is 12.2. The molecule has 0 spiro atoms. The number of rotatable bonds is 3. The molecule has 2 aromatic rings. The SMILES string of the molecule is COC(=O)c1c(NC(=S)Nc2ccc(Cl)cc2Cl)sc2c1CCCC2. The van der Waals surface area contributed by atoms with E-state index in [-0.39, 0.29) is 5.97 Å². The van der Waals surface area contributed by atoms with Gasteiger partial charge in [0.15, 0.2) is 5.11 Å². The van der Waals surface area contributed by atoms with E-state index in [9.17, 15) is 4.79 Å². The maximum Gasteiger partial charge on any atom is 0.341 e. The number of esters is 1. The largest absolute Gasteiger partial charge is 0.465 e. The van der Waals surface area contributed by atoms with Gasteiger partial charge in [0.25, 0.3) is 0 Å². The zero-order valence-corrected chi connectivity index (χ0v) is 16.6. The summed E-state index contributed by atoms with van der Waals surface area (Å²) in [5.41, 5.74) is 2.32. The van der Waals surface area contributed by atoms with Gasteiger partial charge in [0.05, 0.1) is 23.4 Å². The van der Waals surface area contributed by atoms with Crippen LogP contribution in [-0.2, 0) is 17.6 Å². The van der Waals surface area contributed by atoms with Crippen LogP contribution in [0.3, 0.4) is 0 Å². The lowest BCUT2D eigenvalue weighted by molar-refractivity contribution is 0.0601. The Morgan fingerprint density at radius 3 is 2.72 bits per heavy atom. The number of methoxy groups -OCH3 is 1. The first kappa shape index (κ1) is 18.5. The Morgan fingerprint density at radius 2 is 2.00 bits per heavy atom. The number of hydrogen-bond donors (Lipinski definition) is 2. The number of nitrogens with one attached hydrogen (secondary N) is 2. The van der Waals surface area contributed by atoms with Gasteiger partial charge < -0.3 is 15.4 Å². The number of halogens is 2. The van der Waals surface area contributed by atoms with E-state index in [4.69, 9.17) is 40.2 Å². The van der Waals surface area contributed by atoms with Crippen molar-refractivity contribution >= 4 is 68.5 Å². The number of anilines is 2. The van der Waals surface area contributed by atoms with Crippen LogP contribution in [0.1, 0.15) is 33.6 Å². The molecule has 1 aliphatic carbocycles. The normalized spacial score (nSPS) is 13.1. The van der Waals surface area contributed by atoms with Crippen molar-refractivity contribution in [2.75, 3.05) is 17.7 Å². The van der Waals surface area contributed by atoms with Crippen LogP contribution in [0.2, 0.25) is 10.0 Å². The van der Waals surface area contributed by atoms with Gasteiger partial charge >= 0.3 is 5.97 Å². The van der Waals surface area contributed by atoms with Crippen molar-refractivity contribution in [3.63, 3.8) is 0 Å². The third kappa shape index (κ3) is 4.08. The number of fused-ring (bicyclic) bond motifs is 1. The minimum Gasteiger partial charge on any atom is -0.465 e. The highest BCUT2D eigenvalue weighted by Gasteiger charge is 2.26. The van der Waals surface area contributed by atoms with Gasteiger partial charge in [-0.05, 0) is 61.7 Å². The van der Waals surface area contributed by atoms with Gasteiger partial charge in [-0.2, -0.15) is 0 Å². The van der Waals surface area contributed by atoms with Crippen LogP contribution in [0.4, 0.5) is 10.7 Å². The maximum absolute atomic E-state index is 12.2. The fraction of sp³-hybridized carbons (Fsp3) is 0.294. The molecule has 1 aromatic heterocycles. The third-order valence-corrected chi connectivity index (χ3v) is 5.93. The summed E-state index contributed by atoms with van der Waals surface area (Å²) in [6.45, 7) is 0. The molecule has 0 radical (unpaired) electrons. The van der Waals surface area contributed by atoms with E-state index < -0.39 is 0 Å². The topological polar surface area (TPSA) is 50.4 Å². The summed E-state index contributed by atoms with van der Waals surface area (Å²) in [5, 5.41) is 8.24. The first-order chi connectivity index (χ1) is 12.0. The predicted molar refractivity (Wildman–Crippen MR) is 109 cm³/mol. The number of benzene rings is 1. The predicted octanol–water partition coefficient (Wildman–Crippen LogP) is 5.53. The van der Waals surface area contributed by atoms with E-state index in [0.717, 1.165) is 31.2 Å². The molecule has 0 saturated heterocycles. The lowest BCUT2D eigenvalue weighted by Crippen LogP contribution is -2.20. The zero-order valence-electron chi connectivity index (χ0n) is 13.4. The molecular formula is C17H16Cl2N2O2S2. The van der Waals surface area contributed by atoms with Crippen molar-refractivity contribution in [1.29, 1.82) is 0 Å². The van der Waals surface area contributed by atoms with Crippen molar-refractivity contribution in [2.45, 2.75) is 25.7 Å². The second kappa shape index (κ2) is 7.91. The number of hydrogen-bond acceptors (Lipinski definition) is 4. The fourth-order valence-electron chi connectivity index (χ4n) is 2.82. The van der Waals surface area contributed by atoms with Crippen LogP contribution in [0.5, 0.6) is 0 Å². The van der Waals surface area contributed by atoms with Gasteiger partial charge in [-0.3, -0.25) is 0 Å². The molecule has 8 heteroatoms. The van der Waals surface area contributed by atoms with Crippen molar-refractivity contribution in [3.8, 4) is 0 Å². The van der Waals surface area contributed by atoms with Gasteiger partial charge in [0.2, 0.25) is 0 Å². The number of thiophene rings is 1. The summed E-state index contributed by atoms with van der Waals surface area (Å²) in [4.78, 5) is 13.5. The van der Waals surface area contributed by atoms with E-state index in [1.54, 1.807) is 29.5 Å². The first-order valence-electron chi connectivity index (χ1n) is 7.75. The highest BCUT2D eigenvalue weighted by atomic mass is 35.5. The average Bonchev–Trinajstić information content (AvgIpc) is 2.94. The Hall–Kier alpha value is -1.34. The Balaban J connectivity index is 1.83. The molecule has 0 bridgehead atoms. The Labute approximate surface area is 165 Å². The molecule has 2 N–H and O–H groups in total. The Morgan fingerprint density at radius 1 is 1.24 bits per heavy atom. The van der Waals surface area contributed by atoms with E-state index in [1.807, 2.05) is 0 Å². The summed E-state index contributed by atoms with van der Waals surface area (Å²) >= 11 is 19.0. The van der Waals surface area contributed by atoms with Gasteiger partial charge in [0, 0.05) is 9.90 Å². The Bertz CT molecular complexity index is 836. The van der Waals surface area contributed by atoms with Gasteiger partial charge in [-0.25, -0.2) is 4.79 Å². The van der Waals surface area contributed by atoms with Crippen LogP contribution >= 0.6 is 46.8 Å². The van der Waals surface area contributed by atoms with E-state index in [1.165, 1.54) is 12.0 Å². The molecule has 0 aliphatic heterocycles. The number of ether oxygens (including phenoxy) is 1. The minimum atomic E-state index is -0.339. The molecule has 3 rings (SSSR count). The van der Waals surface area contributed by atoms with Crippen LogP contribution in [0.15, 0.2) is 18.2 Å². The molecule has 0 unspecified atom stereocenters. The van der Waals surface area contributed by atoms with Gasteiger partial charge in [-0.15, -0.1) is 11.3 Å². The van der Waals surface area contributed by atoms with E-state index in [0.29, 0.717) is 31.4 Å². The van der Waals surface area contributed by atoms with Gasteiger partial charge in [-0.1, -0.05) is 23.2 Å². The van der Waals surface area contributed by atoms with Crippen LogP contribution in [0.25, 0.3) is 0 Å². The molecule has 0 atom stereocenters. The van der Waals surface area contributed by atoms with Crippen LogP contribution in [-0.4, -0.2) is 18.2 Å². The van der Waals surface area contributed by atoms with E-state index in [2.05, 4.69) is 10.6 Å². The Kier molecular flexibility index (Phi) is 5.84. The summed E-state index contributed by atoms with van der Waals surface area (Å²) in [5.74, 6) is -0.339. The molecule has 1 aliphatic rings. The van der Waals surface area contributed by atoms with Crippen molar-refractivity contribution < 1.29 is 9.53 Å². The molecule has 0 amide bonds. The smallest absolute Gasteiger partial charge is 0.341 e. The van der Waals surface area contributed by atoms with Crippen molar-refractivity contribution in [1.82, 2.24) is 0 Å². The first-order valence-corrected chi connectivity index (χ1v) is 9.73. The van der Waals surface area contributed by atoms with Crippen LogP contribution < -0.4 is 10.6 Å². The minimum absolute atomic E-state index is 0.339. The number of carbonyl (C=O) groups excluding carboxylic acids is 1. The van der Waals surface area contributed by atoms with Crippen molar-refractivity contribution in [2.24, 2.45) is 0 Å². The molecule has 4 nitrogen and oxygen atoms in total. The molecule has 132 valence electrons. The summed E-state index contributed by atoms with van der Waals surface area (Å²) in [6.07, 6.45) is 4.09. The number of thiocarbonyl (C=S) groups is 1. The molecule has 1 aromatic carbocycles. The summed E-state index contributed by atoms with van der Waals surface area (Å²) in [6, 6.07) is 5.11. The zero-order chi connectivity index (χ0) is 18.0. The highest BCUT2D eigenvalue weighted by molar-refractivity contribution is 7.80. The summed E-state index contributed by atoms with van der Waals surface area (Å²) in [7, 11) is 1.39. The third-order valence-electron chi connectivity index (χ3n) is 3.97. The van der Waals surface area contributed by atoms with Crippen molar-refractivity contribution in [3.05, 3.63) is 44.2 Å². The lowest BCUT2D eigenvalue weighted by atomic mass is 9.95. The molecule has 25 heavy (non-hydrogen) atoms. The molecule has 1 heterocycles. The molecular weight excluding hydrogens is 399 g/mol. The molecule has 0 saturated carbocycles. The molecule has 0 fully saturated rings.